The van der Waals surface area contributed by atoms with E-state index < -0.39 is 0 Å². The molecule has 4 heteroatoms. The van der Waals surface area contributed by atoms with Gasteiger partial charge in [0, 0.05) is 37.9 Å². The van der Waals surface area contributed by atoms with E-state index in [0.29, 0.717) is 5.92 Å². The van der Waals surface area contributed by atoms with Crippen molar-refractivity contribution >= 4 is 11.3 Å². The van der Waals surface area contributed by atoms with Crippen LogP contribution in [0, 0.1) is 5.92 Å². The van der Waals surface area contributed by atoms with Crippen molar-refractivity contribution < 1.29 is 4.74 Å². The van der Waals surface area contributed by atoms with Crippen molar-refractivity contribution in [3.63, 3.8) is 0 Å². The number of hydrogen-bond donors (Lipinski definition) is 1. The van der Waals surface area contributed by atoms with Gasteiger partial charge in [-0.1, -0.05) is 13.8 Å². The molecule has 0 aliphatic rings. The Kier molecular flexibility index (Phi) is 5.83. The summed E-state index contributed by atoms with van der Waals surface area (Å²) >= 11 is 1.79. The van der Waals surface area contributed by atoms with Gasteiger partial charge in [-0.2, -0.15) is 0 Å². The van der Waals surface area contributed by atoms with E-state index in [-0.39, 0.29) is 0 Å². The van der Waals surface area contributed by atoms with Crippen LogP contribution in [0.1, 0.15) is 23.7 Å². The zero-order valence-electron chi connectivity index (χ0n) is 9.75. The van der Waals surface area contributed by atoms with Crippen LogP contribution in [0.25, 0.3) is 0 Å². The predicted molar refractivity (Wildman–Crippen MR) is 64.2 cm³/mol. The van der Waals surface area contributed by atoms with Gasteiger partial charge in [0.15, 0.2) is 0 Å². The van der Waals surface area contributed by atoms with Crippen molar-refractivity contribution in [3.8, 4) is 0 Å². The molecule has 0 aliphatic heterocycles. The van der Waals surface area contributed by atoms with Crippen LogP contribution in [0.5, 0.6) is 0 Å². The summed E-state index contributed by atoms with van der Waals surface area (Å²) in [4.78, 5) is 5.64. The summed E-state index contributed by atoms with van der Waals surface area (Å²) in [5, 5.41) is 4.63. The first-order chi connectivity index (χ1) is 7.26. The molecule has 0 saturated carbocycles. The molecule has 3 nitrogen and oxygen atoms in total. The molecule has 0 fully saturated rings. The minimum Gasteiger partial charge on any atom is -0.384 e. The lowest BCUT2D eigenvalue weighted by Gasteiger charge is -2.10. The van der Waals surface area contributed by atoms with Crippen molar-refractivity contribution in [1.29, 1.82) is 0 Å². The Hall–Kier alpha value is -0.450. The summed E-state index contributed by atoms with van der Waals surface area (Å²) in [6.07, 6.45) is 3.00. The van der Waals surface area contributed by atoms with E-state index in [1.807, 2.05) is 6.20 Å². The second kappa shape index (κ2) is 6.93. The zero-order chi connectivity index (χ0) is 11.1. The predicted octanol–water partition coefficient (Wildman–Crippen LogP) is 2.08. The molecule has 1 aromatic rings. The fraction of sp³-hybridized carbons (Fsp3) is 0.727. The smallest absolute Gasteiger partial charge is 0.0925 e. The number of aromatic nitrogens is 1. The number of rotatable bonds is 7. The Balaban J connectivity index is 2.19. The Bertz CT molecular complexity index is 275. The van der Waals surface area contributed by atoms with Crippen LogP contribution in [0.4, 0.5) is 0 Å². The van der Waals surface area contributed by atoms with Crippen LogP contribution in [0.15, 0.2) is 6.20 Å². The molecule has 0 aliphatic carbocycles. The topological polar surface area (TPSA) is 34.2 Å². The van der Waals surface area contributed by atoms with E-state index in [2.05, 4.69) is 24.1 Å². The van der Waals surface area contributed by atoms with Crippen molar-refractivity contribution in [1.82, 2.24) is 10.3 Å². The van der Waals surface area contributed by atoms with Crippen LogP contribution in [0.3, 0.4) is 0 Å². The molecular weight excluding hydrogens is 208 g/mol. The molecule has 1 rings (SSSR count). The molecule has 1 atom stereocenters. The van der Waals surface area contributed by atoms with Gasteiger partial charge in [-0.05, 0) is 12.3 Å². The highest BCUT2D eigenvalue weighted by atomic mass is 32.1. The third kappa shape index (κ3) is 4.73. The average Bonchev–Trinajstić information content (AvgIpc) is 2.66. The summed E-state index contributed by atoms with van der Waals surface area (Å²) in [6, 6.07) is 0. The van der Waals surface area contributed by atoms with Crippen LogP contribution >= 0.6 is 11.3 Å². The van der Waals surface area contributed by atoms with E-state index in [1.165, 1.54) is 9.88 Å². The van der Waals surface area contributed by atoms with Gasteiger partial charge >= 0.3 is 0 Å². The molecule has 0 radical (unpaired) electrons. The van der Waals surface area contributed by atoms with Crippen molar-refractivity contribution in [2.24, 2.45) is 5.92 Å². The first kappa shape index (κ1) is 12.6. The highest BCUT2D eigenvalue weighted by molar-refractivity contribution is 7.11. The first-order valence-electron chi connectivity index (χ1n) is 5.39. The van der Waals surface area contributed by atoms with Crippen molar-refractivity contribution in [3.05, 3.63) is 16.1 Å². The van der Waals surface area contributed by atoms with Gasteiger partial charge in [0.2, 0.25) is 0 Å². The molecular formula is C11H20N2OS. The van der Waals surface area contributed by atoms with Gasteiger partial charge in [-0.25, -0.2) is 4.98 Å². The summed E-state index contributed by atoms with van der Waals surface area (Å²) in [5.41, 5.74) is 0. The SMILES string of the molecule is CCc1ncc(CNCC(C)COC)s1. The maximum Gasteiger partial charge on any atom is 0.0925 e. The Labute approximate surface area is 95.9 Å². The van der Waals surface area contributed by atoms with Crippen molar-refractivity contribution in [2.45, 2.75) is 26.8 Å². The summed E-state index contributed by atoms with van der Waals surface area (Å²) in [5.74, 6) is 0.563. The van der Waals surface area contributed by atoms with E-state index in [1.54, 1.807) is 18.4 Å². The molecule has 1 heterocycles. The maximum absolute atomic E-state index is 5.08. The number of ether oxygens (including phenoxy) is 1. The van der Waals surface area contributed by atoms with Gasteiger partial charge in [0.05, 0.1) is 5.01 Å². The molecule has 1 aromatic heterocycles. The molecule has 0 bridgehead atoms. The molecule has 86 valence electrons. The zero-order valence-corrected chi connectivity index (χ0v) is 10.6. The standard InChI is InChI=1S/C11H20N2OS/c1-4-11-13-7-10(15-11)6-12-5-9(2)8-14-3/h7,9,12H,4-6,8H2,1-3H3. The van der Waals surface area contributed by atoms with Gasteiger partial charge in [-0.3, -0.25) is 0 Å². The van der Waals surface area contributed by atoms with Crippen LogP contribution in [0.2, 0.25) is 0 Å². The number of hydrogen-bond acceptors (Lipinski definition) is 4. The molecule has 0 saturated heterocycles. The fourth-order valence-corrected chi connectivity index (χ4v) is 2.21. The molecule has 1 unspecified atom stereocenters. The molecule has 15 heavy (non-hydrogen) atoms. The third-order valence-corrected chi connectivity index (χ3v) is 3.29. The molecule has 0 amide bonds. The van der Waals surface area contributed by atoms with Gasteiger partial charge in [-0.15, -0.1) is 11.3 Å². The highest BCUT2D eigenvalue weighted by Gasteiger charge is 2.02. The van der Waals surface area contributed by atoms with Gasteiger partial charge < -0.3 is 10.1 Å². The van der Waals surface area contributed by atoms with Crippen LogP contribution in [-0.2, 0) is 17.7 Å². The number of methoxy groups -OCH3 is 1. The Morgan fingerprint density at radius 3 is 3.00 bits per heavy atom. The lowest BCUT2D eigenvalue weighted by atomic mass is 10.2. The summed E-state index contributed by atoms with van der Waals surface area (Å²) in [7, 11) is 1.74. The monoisotopic (exact) mass is 228 g/mol. The Morgan fingerprint density at radius 1 is 1.60 bits per heavy atom. The van der Waals surface area contributed by atoms with E-state index in [9.17, 15) is 0 Å². The van der Waals surface area contributed by atoms with Crippen molar-refractivity contribution in [2.75, 3.05) is 20.3 Å². The third-order valence-electron chi connectivity index (χ3n) is 2.15. The van der Waals surface area contributed by atoms with E-state index in [4.69, 9.17) is 4.74 Å². The normalized spacial score (nSPS) is 13.0. The second-order valence-corrected chi connectivity index (χ2v) is 4.97. The minimum atomic E-state index is 0.563. The number of nitrogens with one attached hydrogen (secondary N) is 1. The average molecular weight is 228 g/mol. The molecule has 0 aromatic carbocycles. The summed E-state index contributed by atoms with van der Waals surface area (Å²) < 4.78 is 5.08. The van der Waals surface area contributed by atoms with Gasteiger partial charge in [0.25, 0.3) is 0 Å². The summed E-state index contributed by atoms with van der Waals surface area (Å²) in [6.45, 7) is 7.05. The largest absolute Gasteiger partial charge is 0.384 e. The molecule has 1 N–H and O–H groups in total. The van der Waals surface area contributed by atoms with Gasteiger partial charge in [0.1, 0.15) is 0 Å². The quantitative estimate of drug-likeness (QED) is 0.776. The van der Waals surface area contributed by atoms with Crippen LogP contribution < -0.4 is 5.32 Å². The highest BCUT2D eigenvalue weighted by Crippen LogP contribution is 2.12. The lowest BCUT2D eigenvalue weighted by Crippen LogP contribution is -2.23. The maximum atomic E-state index is 5.08. The second-order valence-electron chi connectivity index (χ2n) is 3.77. The fourth-order valence-electron chi connectivity index (χ4n) is 1.38. The molecule has 0 spiro atoms. The van der Waals surface area contributed by atoms with E-state index >= 15 is 0 Å². The minimum absolute atomic E-state index is 0.563. The number of aryl methyl sites for hydroxylation is 1. The van der Waals surface area contributed by atoms with Crippen LogP contribution in [-0.4, -0.2) is 25.2 Å². The Morgan fingerprint density at radius 2 is 2.40 bits per heavy atom. The number of thiazole rings is 1. The number of nitrogens with zero attached hydrogens (tertiary/aromatic N) is 1. The van der Waals surface area contributed by atoms with E-state index in [0.717, 1.165) is 26.1 Å². The first-order valence-corrected chi connectivity index (χ1v) is 6.21. The lowest BCUT2D eigenvalue weighted by molar-refractivity contribution is 0.158.